The Kier molecular flexibility index (Phi) is 10.3. The Labute approximate surface area is 101 Å². The van der Waals surface area contributed by atoms with E-state index >= 15 is 0 Å². The second-order valence-corrected chi connectivity index (χ2v) is 2.32. The van der Waals surface area contributed by atoms with Crippen LogP contribution in [0.25, 0.3) is 0 Å². The van der Waals surface area contributed by atoms with Gasteiger partial charge in [-0.2, -0.15) is 0 Å². The molecular formula is C4H8BrKO2. The van der Waals surface area contributed by atoms with Crippen molar-refractivity contribution < 1.29 is 62.7 Å². The van der Waals surface area contributed by atoms with Crippen molar-refractivity contribution in [3.05, 3.63) is 0 Å². The maximum Gasteiger partial charge on any atom is 1.00 e. The number of carboxylic acid groups (broad SMARTS) is 1. The Morgan fingerprint density at radius 1 is 2.00 bits per heavy atom. The number of carboxylic acids is 1. The molecule has 0 amide bonds. The summed E-state index contributed by atoms with van der Waals surface area (Å²) in [6.45, 7) is 1.81. The third-order valence-electron chi connectivity index (χ3n) is 0.626. The molecule has 0 fully saturated rings. The van der Waals surface area contributed by atoms with E-state index in [2.05, 4.69) is 15.9 Å². The first-order valence-corrected chi connectivity index (χ1v) is 2.97. The summed E-state index contributed by atoms with van der Waals surface area (Å²) in [7, 11) is 0. The zero-order chi connectivity index (χ0) is 5.86. The molecule has 4 heteroatoms. The van der Waals surface area contributed by atoms with Crippen LogP contribution in [0.15, 0.2) is 0 Å². The molecule has 0 aromatic carbocycles. The van der Waals surface area contributed by atoms with Gasteiger partial charge in [0.05, 0.1) is 0 Å². The second kappa shape index (κ2) is 6.70. The first-order chi connectivity index (χ1) is 3.18. The third-order valence-corrected chi connectivity index (χ3v) is 1.67. The van der Waals surface area contributed by atoms with Gasteiger partial charge in [0.15, 0.2) is 0 Å². The van der Waals surface area contributed by atoms with Crippen molar-refractivity contribution in [2.75, 3.05) is 0 Å². The van der Waals surface area contributed by atoms with E-state index in [-0.39, 0.29) is 57.6 Å². The van der Waals surface area contributed by atoms with Gasteiger partial charge in [-0.3, -0.25) is 4.79 Å². The zero-order valence-corrected chi connectivity index (χ0v) is 9.73. The van der Waals surface area contributed by atoms with Gasteiger partial charge in [0.2, 0.25) is 0 Å². The average Bonchev–Trinajstić information content (AvgIpc) is 1.65. The first-order valence-electron chi connectivity index (χ1n) is 2.05. The van der Waals surface area contributed by atoms with Crippen LogP contribution in [0.3, 0.4) is 0 Å². The van der Waals surface area contributed by atoms with Crippen molar-refractivity contribution >= 4 is 21.9 Å². The van der Waals surface area contributed by atoms with Gasteiger partial charge in [0.1, 0.15) is 4.83 Å². The Bertz CT molecular complexity index is 81.0. The Balaban J connectivity index is -0.000000180. The topological polar surface area (TPSA) is 37.3 Å². The number of rotatable bonds is 2. The van der Waals surface area contributed by atoms with Crippen molar-refractivity contribution in [1.82, 2.24) is 0 Å². The van der Waals surface area contributed by atoms with Crippen LogP contribution in [0.2, 0.25) is 0 Å². The molecule has 8 heavy (non-hydrogen) atoms. The molecule has 0 aliphatic carbocycles. The Morgan fingerprint density at radius 3 is 2.38 bits per heavy atom. The van der Waals surface area contributed by atoms with Crippen LogP contribution >= 0.6 is 15.9 Å². The van der Waals surface area contributed by atoms with Crippen molar-refractivity contribution in [2.24, 2.45) is 0 Å². The van der Waals surface area contributed by atoms with Crippen molar-refractivity contribution in [1.29, 1.82) is 0 Å². The number of carbonyl (C=O) groups is 1. The van der Waals surface area contributed by atoms with Crippen LogP contribution in [0.5, 0.6) is 0 Å². The Morgan fingerprint density at radius 2 is 2.38 bits per heavy atom. The summed E-state index contributed by atoms with van der Waals surface area (Å²) in [5, 5.41) is 8.14. The minimum Gasteiger partial charge on any atom is -1.00 e. The molecule has 1 unspecified atom stereocenters. The summed E-state index contributed by atoms with van der Waals surface area (Å²) in [4.78, 5) is 9.52. The summed E-state index contributed by atoms with van der Waals surface area (Å²) in [6, 6.07) is 0. The van der Waals surface area contributed by atoms with Crippen LogP contribution in [-0.2, 0) is 4.79 Å². The van der Waals surface area contributed by atoms with Crippen molar-refractivity contribution in [3.63, 3.8) is 0 Å². The quantitative estimate of drug-likeness (QED) is 0.435. The van der Waals surface area contributed by atoms with Gasteiger partial charge in [-0.05, 0) is 6.42 Å². The van der Waals surface area contributed by atoms with Crippen molar-refractivity contribution in [2.45, 2.75) is 18.2 Å². The molecule has 0 heterocycles. The predicted molar refractivity (Wildman–Crippen MR) is 31.8 cm³/mol. The van der Waals surface area contributed by atoms with Crippen LogP contribution in [0.1, 0.15) is 14.8 Å². The molecular weight excluding hydrogens is 199 g/mol. The van der Waals surface area contributed by atoms with E-state index < -0.39 is 5.97 Å². The standard InChI is InChI=1S/C4H7BrO2.K.H/c1-2-3(5)4(6)7;;/h3H,2H2,1H3,(H,6,7);;/q;+1;-1. The van der Waals surface area contributed by atoms with Gasteiger partial charge in [0.25, 0.3) is 0 Å². The molecule has 0 radical (unpaired) electrons. The summed E-state index contributed by atoms with van der Waals surface area (Å²) < 4.78 is 0. The summed E-state index contributed by atoms with van der Waals surface area (Å²) >= 11 is 2.94. The van der Waals surface area contributed by atoms with Gasteiger partial charge in [-0.25, -0.2) is 0 Å². The second-order valence-electron chi connectivity index (χ2n) is 1.21. The molecule has 0 bridgehead atoms. The molecule has 0 rings (SSSR count). The minimum absolute atomic E-state index is 0. The minimum atomic E-state index is -0.789. The number of halogens is 1. The smallest absolute Gasteiger partial charge is 1.00 e. The third kappa shape index (κ3) is 5.72. The summed E-state index contributed by atoms with van der Waals surface area (Å²) in [6.07, 6.45) is 0.634. The summed E-state index contributed by atoms with van der Waals surface area (Å²) in [5.41, 5.74) is 0. The molecule has 1 atom stereocenters. The van der Waals surface area contributed by atoms with E-state index in [0.29, 0.717) is 6.42 Å². The van der Waals surface area contributed by atoms with Gasteiger partial charge < -0.3 is 6.53 Å². The molecule has 1 N–H and O–H groups in total. The zero-order valence-electron chi connectivity index (χ0n) is 6.02. The normalized spacial score (nSPS) is 11.8. The van der Waals surface area contributed by atoms with Gasteiger partial charge in [-0.1, -0.05) is 22.9 Å². The SMILES string of the molecule is CCC(Br)C(=O)O.[H-].[K+]. The van der Waals surface area contributed by atoms with E-state index in [0.717, 1.165) is 0 Å². The van der Waals surface area contributed by atoms with Gasteiger partial charge >= 0.3 is 57.4 Å². The number of hydrogen-bond donors (Lipinski definition) is 1. The average molecular weight is 207 g/mol. The molecule has 0 spiro atoms. The predicted octanol–water partition coefficient (Wildman–Crippen LogP) is -1.64. The molecule has 0 saturated carbocycles. The molecule has 0 aromatic heterocycles. The fourth-order valence-electron chi connectivity index (χ4n) is 0.175. The van der Waals surface area contributed by atoms with Crippen LogP contribution in [0, 0.1) is 0 Å². The number of aliphatic carboxylic acids is 1. The van der Waals surface area contributed by atoms with E-state index in [1.165, 1.54) is 0 Å². The van der Waals surface area contributed by atoms with E-state index in [1.807, 2.05) is 6.92 Å². The van der Waals surface area contributed by atoms with E-state index in [4.69, 9.17) is 5.11 Å². The van der Waals surface area contributed by atoms with Gasteiger partial charge in [0, 0.05) is 0 Å². The van der Waals surface area contributed by atoms with E-state index in [1.54, 1.807) is 0 Å². The molecule has 44 valence electrons. The summed E-state index contributed by atoms with van der Waals surface area (Å²) in [5.74, 6) is -0.789. The van der Waals surface area contributed by atoms with Gasteiger partial charge in [-0.15, -0.1) is 0 Å². The van der Waals surface area contributed by atoms with E-state index in [9.17, 15) is 4.79 Å². The monoisotopic (exact) mass is 206 g/mol. The maximum atomic E-state index is 9.88. The van der Waals surface area contributed by atoms with Crippen molar-refractivity contribution in [3.8, 4) is 0 Å². The largest absolute Gasteiger partial charge is 1.00 e. The van der Waals surface area contributed by atoms with Crippen LogP contribution < -0.4 is 51.4 Å². The molecule has 0 aliphatic rings. The fraction of sp³-hybridized carbons (Fsp3) is 0.750. The molecule has 0 aliphatic heterocycles. The fourth-order valence-corrected chi connectivity index (χ4v) is 0.175. The molecule has 2 nitrogen and oxygen atoms in total. The molecule has 0 saturated heterocycles. The molecule has 0 aromatic rings. The first kappa shape index (κ1) is 12.3. The number of alkyl halides is 1. The van der Waals surface area contributed by atoms with Crippen LogP contribution in [0.4, 0.5) is 0 Å². The Hall–Kier alpha value is 1.59. The number of hydrogen-bond acceptors (Lipinski definition) is 1. The van der Waals surface area contributed by atoms with Crippen LogP contribution in [-0.4, -0.2) is 15.9 Å². The maximum absolute atomic E-state index is 9.88.